The number of ether oxygens (including phenoxy) is 1. The number of benzene rings is 1. The van der Waals surface area contributed by atoms with Crippen LogP contribution >= 0.6 is 11.6 Å². The Morgan fingerprint density at radius 2 is 1.30 bits per heavy atom. The summed E-state index contributed by atoms with van der Waals surface area (Å²) < 4.78 is 114. The summed E-state index contributed by atoms with van der Waals surface area (Å²) >= 11 is 4.97. The van der Waals surface area contributed by atoms with E-state index in [2.05, 4.69) is 4.74 Å². The van der Waals surface area contributed by atoms with E-state index < -0.39 is 40.6 Å². The summed E-state index contributed by atoms with van der Waals surface area (Å²) in [4.78, 5) is 0. The first kappa shape index (κ1) is 16.7. The minimum absolute atomic E-state index is 0.0634. The van der Waals surface area contributed by atoms with E-state index >= 15 is 0 Å². The fraction of sp³-hybridized carbons (Fsp3) is 0.333. The van der Waals surface area contributed by atoms with E-state index in [1.54, 1.807) is 0 Å². The summed E-state index contributed by atoms with van der Waals surface area (Å²) in [6.45, 7) is 0. The summed E-state index contributed by atoms with van der Waals surface area (Å²) in [5.74, 6) is -1.57. The van der Waals surface area contributed by atoms with Crippen molar-refractivity contribution in [3.05, 3.63) is 28.3 Å². The van der Waals surface area contributed by atoms with E-state index in [1.165, 1.54) is 0 Å². The first-order chi connectivity index (χ1) is 8.73. The monoisotopic (exact) mass is 332 g/mol. The quantitative estimate of drug-likeness (QED) is 0.636. The molecular formula is C9H2ClF9O. The zero-order valence-electron chi connectivity index (χ0n) is 8.84. The maximum Gasteiger partial charge on any atom is 0.573 e. The molecule has 0 aliphatic carbocycles. The molecule has 1 aromatic rings. The first-order valence-corrected chi connectivity index (χ1v) is 4.84. The van der Waals surface area contributed by atoms with Gasteiger partial charge in [0.1, 0.15) is 5.75 Å². The van der Waals surface area contributed by atoms with Gasteiger partial charge in [-0.15, -0.1) is 13.2 Å². The van der Waals surface area contributed by atoms with Gasteiger partial charge in [0.25, 0.3) is 0 Å². The highest BCUT2D eigenvalue weighted by molar-refractivity contribution is 6.33. The van der Waals surface area contributed by atoms with E-state index in [1.807, 2.05) is 0 Å². The van der Waals surface area contributed by atoms with E-state index in [0.717, 1.165) is 0 Å². The van der Waals surface area contributed by atoms with Crippen LogP contribution in [0.1, 0.15) is 11.1 Å². The van der Waals surface area contributed by atoms with Crippen LogP contribution in [0.25, 0.3) is 0 Å². The van der Waals surface area contributed by atoms with Crippen LogP contribution in [0.5, 0.6) is 5.75 Å². The average molecular weight is 333 g/mol. The Balaban J connectivity index is 3.52. The topological polar surface area (TPSA) is 9.23 Å². The predicted molar refractivity (Wildman–Crippen MR) is 48.1 cm³/mol. The highest BCUT2D eigenvalue weighted by Gasteiger charge is 2.46. The van der Waals surface area contributed by atoms with Gasteiger partial charge >= 0.3 is 18.7 Å². The van der Waals surface area contributed by atoms with Gasteiger partial charge in [0.15, 0.2) is 0 Å². The van der Waals surface area contributed by atoms with Crippen molar-refractivity contribution in [2.45, 2.75) is 18.7 Å². The van der Waals surface area contributed by atoms with Crippen molar-refractivity contribution in [3.8, 4) is 5.75 Å². The van der Waals surface area contributed by atoms with Gasteiger partial charge in [-0.3, -0.25) is 0 Å². The molecular weight excluding hydrogens is 331 g/mol. The lowest BCUT2D eigenvalue weighted by molar-refractivity contribution is -0.274. The summed E-state index contributed by atoms with van der Waals surface area (Å²) in [6.07, 6.45) is -16.4. The molecule has 1 rings (SSSR count). The van der Waals surface area contributed by atoms with Crippen LogP contribution in [0, 0.1) is 0 Å². The van der Waals surface area contributed by atoms with Gasteiger partial charge in [-0.2, -0.15) is 26.3 Å². The molecule has 0 fully saturated rings. The number of rotatable bonds is 1. The fourth-order valence-electron chi connectivity index (χ4n) is 1.27. The number of hydrogen-bond acceptors (Lipinski definition) is 1. The van der Waals surface area contributed by atoms with Crippen molar-refractivity contribution in [1.82, 2.24) is 0 Å². The van der Waals surface area contributed by atoms with Crippen molar-refractivity contribution in [2.24, 2.45) is 0 Å². The van der Waals surface area contributed by atoms with Crippen LogP contribution in [0.2, 0.25) is 5.02 Å². The molecule has 0 heterocycles. The Kier molecular flexibility index (Phi) is 4.10. The molecule has 114 valence electrons. The number of hydrogen-bond donors (Lipinski definition) is 0. The smallest absolute Gasteiger partial charge is 0.404 e. The molecule has 1 nitrogen and oxygen atoms in total. The predicted octanol–water partition coefficient (Wildman–Crippen LogP) is 5.28. The van der Waals surface area contributed by atoms with Gasteiger partial charge in [-0.1, -0.05) is 11.6 Å². The molecule has 0 spiro atoms. The van der Waals surface area contributed by atoms with Crippen LogP contribution < -0.4 is 4.74 Å². The second kappa shape index (κ2) is 4.90. The van der Waals surface area contributed by atoms with Crippen LogP contribution in [0.3, 0.4) is 0 Å². The lowest BCUT2D eigenvalue weighted by Crippen LogP contribution is -2.21. The second-order valence-corrected chi connectivity index (χ2v) is 3.72. The lowest BCUT2D eigenvalue weighted by atomic mass is 10.1. The average Bonchev–Trinajstić information content (AvgIpc) is 2.15. The molecule has 0 saturated heterocycles. The van der Waals surface area contributed by atoms with Crippen molar-refractivity contribution in [1.29, 1.82) is 0 Å². The minimum Gasteiger partial charge on any atom is -0.404 e. The minimum atomic E-state index is -5.60. The standard InChI is InChI=1S/C9H2ClF9O/c10-6-4(20-9(17,18)19)2-1-3(7(11,12)13)5(6)8(14,15)16/h1-2H. The van der Waals surface area contributed by atoms with Gasteiger partial charge in [0.05, 0.1) is 16.1 Å². The first-order valence-electron chi connectivity index (χ1n) is 4.46. The molecule has 0 unspecified atom stereocenters. The van der Waals surface area contributed by atoms with Crippen LogP contribution in [0.15, 0.2) is 12.1 Å². The third-order valence-electron chi connectivity index (χ3n) is 1.92. The normalized spacial score (nSPS) is 13.5. The third-order valence-corrected chi connectivity index (χ3v) is 2.30. The zero-order chi connectivity index (χ0) is 15.9. The molecule has 0 aliphatic heterocycles. The molecule has 20 heavy (non-hydrogen) atoms. The van der Waals surface area contributed by atoms with Crippen LogP contribution in [-0.2, 0) is 12.4 Å². The third kappa shape index (κ3) is 3.84. The number of alkyl halides is 9. The maximum absolute atomic E-state index is 12.5. The molecule has 0 saturated carbocycles. The highest BCUT2D eigenvalue weighted by Crippen LogP contribution is 2.47. The Morgan fingerprint density at radius 3 is 1.65 bits per heavy atom. The molecule has 0 aromatic heterocycles. The Morgan fingerprint density at radius 1 is 0.800 bits per heavy atom. The van der Waals surface area contributed by atoms with Gasteiger partial charge in [0.2, 0.25) is 0 Å². The van der Waals surface area contributed by atoms with Gasteiger partial charge in [0, 0.05) is 0 Å². The fourth-order valence-corrected chi connectivity index (χ4v) is 1.58. The summed E-state index contributed by atoms with van der Waals surface area (Å²) in [5.41, 5.74) is -4.64. The summed E-state index contributed by atoms with van der Waals surface area (Å²) in [7, 11) is 0. The number of halogens is 10. The molecule has 1 aromatic carbocycles. The SMILES string of the molecule is FC(F)(F)Oc1ccc(C(F)(F)F)c(C(F)(F)F)c1Cl. The lowest BCUT2D eigenvalue weighted by Gasteiger charge is -2.19. The molecule has 0 bridgehead atoms. The Labute approximate surface area is 109 Å². The second-order valence-electron chi connectivity index (χ2n) is 3.34. The largest absolute Gasteiger partial charge is 0.573 e. The van der Waals surface area contributed by atoms with E-state index in [4.69, 9.17) is 11.6 Å². The van der Waals surface area contributed by atoms with Crippen molar-refractivity contribution < 1.29 is 44.3 Å². The van der Waals surface area contributed by atoms with Crippen molar-refractivity contribution >= 4 is 11.6 Å². The zero-order valence-corrected chi connectivity index (χ0v) is 9.60. The molecule has 0 amide bonds. The maximum atomic E-state index is 12.5. The summed E-state index contributed by atoms with van der Waals surface area (Å²) in [5, 5.41) is -1.82. The van der Waals surface area contributed by atoms with Gasteiger partial charge in [-0.05, 0) is 12.1 Å². The van der Waals surface area contributed by atoms with E-state index in [0.29, 0.717) is 0 Å². The van der Waals surface area contributed by atoms with Gasteiger partial charge < -0.3 is 4.74 Å². The molecule has 0 N–H and O–H groups in total. The summed E-state index contributed by atoms with van der Waals surface area (Å²) in [6, 6.07) is -0.121. The van der Waals surface area contributed by atoms with Crippen LogP contribution in [0.4, 0.5) is 39.5 Å². The molecule has 0 atom stereocenters. The van der Waals surface area contributed by atoms with Gasteiger partial charge in [-0.25, -0.2) is 0 Å². The Bertz CT molecular complexity index is 500. The van der Waals surface area contributed by atoms with E-state index in [9.17, 15) is 39.5 Å². The van der Waals surface area contributed by atoms with E-state index in [-0.39, 0.29) is 12.1 Å². The Hall–Kier alpha value is -1.32. The molecule has 11 heteroatoms. The van der Waals surface area contributed by atoms with Crippen LogP contribution in [-0.4, -0.2) is 6.36 Å². The molecule has 0 aliphatic rings. The van der Waals surface area contributed by atoms with Crippen molar-refractivity contribution in [3.63, 3.8) is 0 Å². The van der Waals surface area contributed by atoms with Crippen molar-refractivity contribution in [2.75, 3.05) is 0 Å². The highest BCUT2D eigenvalue weighted by atomic mass is 35.5. The molecule has 0 radical (unpaired) electrons.